The van der Waals surface area contributed by atoms with Gasteiger partial charge in [-0.05, 0) is 36.7 Å². The van der Waals surface area contributed by atoms with Crippen LogP contribution in [0.15, 0.2) is 35.0 Å². The lowest BCUT2D eigenvalue weighted by Gasteiger charge is -2.29. The lowest BCUT2D eigenvalue weighted by Crippen LogP contribution is -2.49. The minimum atomic E-state index is -0.708. The van der Waals surface area contributed by atoms with Crippen molar-refractivity contribution in [1.29, 1.82) is 0 Å². The fraction of sp³-hybridized carbons (Fsp3) is 0.400. The molecule has 1 atom stereocenters. The Morgan fingerprint density at radius 1 is 1.30 bits per heavy atom. The largest absolute Gasteiger partial charge is 0.468 e. The highest BCUT2D eigenvalue weighted by Crippen LogP contribution is 2.27. The number of rotatable bonds is 6. The summed E-state index contributed by atoms with van der Waals surface area (Å²) in [6.07, 6.45) is 0.874. The van der Waals surface area contributed by atoms with Gasteiger partial charge in [0, 0.05) is 22.2 Å². The minimum absolute atomic E-state index is 0.114. The van der Waals surface area contributed by atoms with E-state index >= 15 is 0 Å². The van der Waals surface area contributed by atoms with Gasteiger partial charge in [0.05, 0.1) is 7.11 Å². The van der Waals surface area contributed by atoms with Gasteiger partial charge in [0.2, 0.25) is 0 Å². The maximum atomic E-state index is 11.9. The second-order valence-electron chi connectivity index (χ2n) is 5.11. The van der Waals surface area contributed by atoms with Crippen LogP contribution in [0.2, 0.25) is 0 Å². The molecule has 0 radical (unpaired) electrons. The van der Waals surface area contributed by atoms with Crippen molar-refractivity contribution in [2.75, 3.05) is 7.11 Å². The highest BCUT2D eigenvalue weighted by Gasteiger charge is 2.32. The van der Waals surface area contributed by atoms with Gasteiger partial charge in [0.15, 0.2) is 0 Å². The third kappa shape index (κ3) is 3.69. The number of carbonyl (C=O) groups excluding carboxylic acids is 1. The van der Waals surface area contributed by atoms with Gasteiger partial charge >= 0.3 is 5.97 Å². The van der Waals surface area contributed by atoms with Crippen LogP contribution in [0.25, 0.3) is 0 Å². The number of carbonyl (C=O) groups is 1. The predicted molar refractivity (Wildman–Crippen MR) is 84.3 cm³/mol. The van der Waals surface area contributed by atoms with Gasteiger partial charge in [-0.3, -0.25) is 10.1 Å². The van der Waals surface area contributed by atoms with Gasteiger partial charge < -0.3 is 4.74 Å². The van der Waals surface area contributed by atoms with Crippen LogP contribution >= 0.6 is 22.7 Å². The van der Waals surface area contributed by atoms with Crippen LogP contribution in [0.1, 0.15) is 29.6 Å². The normalized spacial score (nSPS) is 13.2. The smallest absolute Gasteiger partial charge is 0.325 e. The van der Waals surface area contributed by atoms with Crippen molar-refractivity contribution in [3.8, 4) is 0 Å². The highest BCUT2D eigenvalue weighted by atomic mass is 32.1. The summed E-state index contributed by atoms with van der Waals surface area (Å²) in [6, 6.07) is 8.43. The van der Waals surface area contributed by atoms with E-state index in [1.54, 1.807) is 22.7 Å². The third-order valence-corrected chi connectivity index (χ3v) is 4.99. The molecule has 0 saturated carbocycles. The van der Waals surface area contributed by atoms with Gasteiger partial charge in [-0.1, -0.05) is 12.1 Å². The van der Waals surface area contributed by atoms with E-state index in [1.165, 1.54) is 16.9 Å². The quantitative estimate of drug-likeness (QED) is 0.828. The molecule has 2 rings (SSSR count). The lowest BCUT2D eigenvalue weighted by atomic mass is 10.0. The fourth-order valence-electron chi connectivity index (χ4n) is 2.09. The van der Waals surface area contributed by atoms with Crippen LogP contribution in [0.3, 0.4) is 0 Å². The Labute approximate surface area is 127 Å². The summed E-state index contributed by atoms with van der Waals surface area (Å²) in [7, 11) is 1.42. The van der Waals surface area contributed by atoms with Crippen molar-refractivity contribution in [2.45, 2.75) is 31.8 Å². The first-order valence-corrected chi connectivity index (χ1v) is 8.21. The van der Waals surface area contributed by atoms with Crippen LogP contribution < -0.4 is 5.32 Å². The van der Waals surface area contributed by atoms with Crippen molar-refractivity contribution in [3.05, 3.63) is 44.8 Å². The van der Waals surface area contributed by atoms with E-state index in [0.717, 1.165) is 6.42 Å². The first kappa shape index (κ1) is 15.2. The average Bonchev–Trinajstić information content (AvgIpc) is 3.09. The molecule has 0 fully saturated rings. The van der Waals surface area contributed by atoms with Crippen molar-refractivity contribution in [2.24, 2.45) is 0 Å². The average molecular weight is 309 g/mol. The number of methoxy groups -OCH3 is 1. The summed E-state index contributed by atoms with van der Waals surface area (Å²) < 4.78 is 4.87. The third-order valence-electron chi connectivity index (χ3n) is 3.10. The van der Waals surface area contributed by atoms with Gasteiger partial charge in [-0.2, -0.15) is 0 Å². The molecule has 108 valence electrons. The maximum absolute atomic E-state index is 11.9. The van der Waals surface area contributed by atoms with E-state index in [0.29, 0.717) is 0 Å². The van der Waals surface area contributed by atoms with E-state index in [-0.39, 0.29) is 12.0 Å². The molecule has 0 aromatic carbocycles. The van der Waals surface area contributed by atoms with Crippen LogP contribution in [-0.4, -0.2) is 18.6 Å². The SMILES string of the molecule is COC(=O)C(C)(C)NC(Cc1cccs1)c1cccs1. The van der Waals surface area contributed by atoms with Gasteiger partial charge in [0.1, 0.15) is 5.54 Å². The molecule has 0 amide bonds. The molecule has 2 aromatic heterocycles. The van der Waals surface area contributed by atoms with E-state index in [9.17, 15) is 4.79 Å². The molecule has 0 spiro atoms. The van der Waals surface area contributed by atoms with Crippen molar-refractivity contribution in [1.82, 2.24) is 5.32 Å². The Balaban J connectivity index is 2.17. The maximum Gasteiger partial charge on any atom is 0.325 e. The number of hydrogen-bond acceptors (Lipinski definition) is 5. The molecule has 3 nitrogen and oxygen atoms in total. The molecule has 1 N–H and O–H groups in total. The molecular formula is C15H19NO2S2. The van der Waals surface area contributed by atoms with E-state index < -0.39 is 5.54 Å². The van der Waals surface area contributed by atoms with Gasteiger partial charge in [-0.15, -0.1) is 22.7 Å². The van der Waals surface area contributed by atoms with Crippen LogP contribution in [0, 0.1) is 0 Å². The summed E-state index contributed by atoms with van der Waals surface area (Å²) in [5.41, 5.74) is -0.708. The molecule has 5 heteroatoms. The zero-order valence-corrected chi connectivity index (χ0v) is 13.5. The lowest BCUT2D eigenvalue weighted by molar-refractivity contribution is -0.147. The molecule has 2 aromatic rings. The molecule has 1 unspecified atom stereocenters. The second-order valence-corrected chi connectivity index (χ2v) is 7.12. The number of esters is 1. The number of nitrogens with one attached hydrogen (secondary N) is 1. The van der Waals surface area contributed by atoms with Gasteiger partial charge in [-0.25, -0.2) is 0 Å². The molecular weight excluding hydrogens is 290 g/mol. The fourth-order valence-corrected chi connectivity index (χ4v) is 3.62. The molecule has 0 bridgehead atoms. The molecule has 2 heterocycles. The Hall–Kier alpha value is -1.17. The highest BCUT2D eigenvalue weighted by molar-refractivity contribution is 7.10. The van der Waals surface area contributed by atoms with E-state index in [4.69, 9.17) is 4.74 Å². The number of ether oxygens (including phenoxy) is 1. The molecule has 0 aliphatic rings. The number of thiophene rings is 2. The molecule has 20 heavy (non-hydrogen) atoms. The first-order chi connectivity index (χ1) is 9.53. The van der Waals surface area contributed by atoms with Crippen molar-refractivity contribution >= 4 is 28.6 Å². The summed E-state index contributed by atoms with van der Waals surface area (Å²) in [4.78, 5) is 14.4. The van der Waals surface area contributed by atoms with Crippen LogP contribution in [-0.2, 0) is 16.0 Å². The zero-order valence-electron chi connectivity index (χ0n) is 11.9. The van der Waals surface area contributed by atoms with Crippen LogP contribution in [0.5, 0.6) is 0 Å². The zero-order chi connectivity index (χ0) is 14.6. The summed E-state index contributed by atoms with van der Waals surface area (Å²) in [5.74, 6) is -0.245. The summed E-state index contributed by atoms with van der Waals surface area (Å²) >= 11 is 3.44. The Kier molecular flexibility index (Phi) is 4.96. The van der Waals surface area contributed by atoms with Crippen molar-refractivity contribution < 1.29 is 9.53 Å². The monoisotopic (exact) mass is 309 g/mol. The topological polar surface area (TPSA) is 38.3 Å². The number of hydrogen-bond donors (Lipinski definition) is 1. The molecule has 0 aliphatic carbocycles. The predicted octanol–water partition coefficient (Wildman–Crippen LogP) is 3.63. The first-order valence-electron chi connectivity index (χ1n) is 6.45. The Morgan fingerprint density at radius 2 is 2.00 bits per heavy atom. The van der Waals surface area contributed by atoms with Crippen LogP contribution in [0.4, 0.5) is 0 Å². The minimum Gasteiger partial charge on any atom is -0.468 e. The summed E-state index contributed by atoms with van der Waals surface area (Å²) in [5, 5.41) is 7.56. The van der Waals surface area contributed by atoms with Gasteiger partial charge in [0.25, 0.3) is 0 Å². The standard InChI is InChI=1S/C15H19NO2S2/c1-15(2,14(17)18-3)16-12(13-7-5-9-20-13)10-11-6-4-8-19-11/h4-9,12,16H,10H2,1-3H3. The van der Waals surface area contributed by atoms with E-state index in [1.807, 2.05) is 19.9 Å². The second kappa shape index (κ2) is 6.52. The summed E-state index contributed by atoms with van der Waals surface area (Å²) in [6.45, 7) is 3.71. The Morgan fingerprint density at radius 3 is 2.55 bits per heavy atom. The van der Waals surface area contributed by atoms with Crippen molar-refractivity contribution in [3.63, 3.8) is 0 Å². The van der Waals surface area contributed by atoms with E-state index in [2.05, 4.69) is 34.3 Å². The Bertz CT molecular complexity index is 532. The molecule has 0 saturated heterocycles. The molecule has 0 aliphatic heterocycles.